The number of hydrogen-bond acceptors (Lipinski definition) is 6. The minimum absolute atomic E-state index is 0.173. The summed E-state index contributed by atoms with van der Waals surface area (Å²) in [5.74, 6) is -1.16. The van der Waals surface area contributed by atoms with Gasteiger partial charge in [-0.05, 0) is 54.4 Å². The summed E-state index contributed by atoms with van der Waals surface area (Å²) in [6, 6.07) is 12.3. The fourth-order valence-corrected chi connectivity index (χ4v) is 3.01. The van der Waals surface area contributed by atoms with E-state index >= 15 is 0 Å². The van der Waals surface area contributed by atoms with Crippen LogP contribution in [0.4, 0.5) is 16.2 Å². The van der Waals surface area contributed by atoms with Crippen molar-refractivity contribution in [1.82, 2.24) is 10.3 Å². The maximum atomic E-state index is 12.4. The van der Waals surface area contributed by atoms with Crippen molar-refractivity contribution in [3.05, 3.63) is 65.6 Å². The number of esters is 1. The highest BCUT2D eigenvalue weighted by molar-refractivity contribution is 6.30. The molecule has 0 fully saturated rings. The molecule has 2 aromatic carbocycles. The molecule has 0 spiro atoms. The van der Waals surface area contributed by atoms with Gasteiger partial charge in [-0.1, -0.05) is 25.4 Å². The molecular formula is C23H23ClN4O5. The van der Waals surface area contributed by atoms with E-state index < -0.39 is 23.9 Å². The molecule has 0 aliphatic rings. The molecule has 0 aliphatic heterocycles. The van der Waals surface area contributed by atoms with Gasteiger partial charge in [0.05, 0.1) is 13.3 Å². The van der Waals surface area contributed by atoms with Gasteiger partial charge >= 0.3 is 17.9 Å². The zero-order chi connectivity index (χ0) is 24.0. The Balaban J connectivity index is 1.62. The average molecular weight is 471 g/mol. The van der Waals surface area contributed by atoms with E-state index in [1.165, 1.54) is 13.3 Å². The number of nitrogens with zero attached hydrogens (tertiary/aromatic N) is 1. The molecule has 3 amide bonds. The zero-order valence-electron chi connectivity index (χ0n) is 18.2. The fourth-order valence-electron chi connectivity index (χ4n) is 2.88. The lowest BCUT2D eigenvalue weighted by molar-refractivity contribution is -0.144. The second-order valence-corrected chi connectivity index (χ2v) is 7.85. The first-order valence-corrected chi connectivity index (χ1v) is 10.4. The summed E-state index contributed by atoms with van der Waals surface area (Å²) >= 11 is 5.83. The van der Waals surface area contributed by atoms with Crippen molar-refractivity contribution in [1.29, 1.82) is 0 Å². The Hall–Kier alpha value is -3.85. The van der Waals surface area contributed by atoms with Crippen LogP contribution in [0.1, 0.15) is 24.5 Å². The van der Waals surface area contributed by atoms with E-state index in [2.05, 4.69) is 20.9 Å². The van der Waals surface area contributed by atoms with Crippen LogP contribution in [-0.2, 0) is 9.53 Å². The summed E-state index contributed by atoms with van der Waals surface area (Å²) in [5, 5.41) is 8.57. The number of amides is 3. The lowest BCUT2D eigenvalue weighted by Gasteiger charge is -2.18. The first-order valence-electron chi connectivity index (χ1n) is 10.1. The molecule has 0 unspecified atom stereocenters. The Morgan fingerprint density at radius 3 is 2.09 bits per heavy atom. The quantitative estimate of drug-likeness (QED) is 0.435. The molecule has 0 saturated carbocycles. The number of nitrogens with one attached hydrogen (secondary N) is 3. The van der Waals surface area contributed by atoms with E-state index in [-0.39, 0.29) is 11.8 Å². The summed E-state index contributed by atoms with van der Waals surface area (Å²) < 4.78 is 10.3. The lowest BCUT2D eigenvalue weighted by Crippen LogP contribution is -2.45. The number of hydrogen-bond donors (Lipinski definition) is 3. The number of urea groups is 1. The van der Waals surface area contributed by atoms with Crippen LogP contribution >= 0.6 is 11.6 Å². The molecule has 0 radical (unpaired) electrons. The van der Waals surface area contributed by atoms with Crippen molar-refractivity contribution in [2.45, 2.75) is 19.9 Å². The Morgan fingerprint density at radius 2 is 1.55 bits per heavy atom. The molecule has 3 rings (SSSR count). The zero-order valence-corrected chi connectivity index (χ0v) is 19.0. The Morgan fingerprint density at radius 1 is 0.970 bits per heavy atom. The average Bonchev–Trinajstić information content (AvgIpc) is 3.29. The van der Waals surface area contributed by atoms with Crippen molar-refractivity contribution in [2.75, 3.05) is 17.7 Å². The van der Waals surface area contributed by atoms with E-state index in [1.807, 2.05) is 0 Å². The molecule has 9 nitrogen and oxygen atoms in total. The summed E-state index contributed by atoms with van der Waals surface area (Å²) in [5.41, 5.74) is 1.81. The molecule has 1 aromatic heterocycles. The lowest BCUT2D eigenvalue weighted by atomic mass is 10.0. The molecule has 1 heterocycles. The van der Waals surface area contributed by atoms with E-state index in [9.17, 15) is 14.4 Å². The largest absolute Gasteiger partial charge is 0.467 e. The molecule has 3 N–H and O–H groups in total. The smallest absolute Gasteiger partial charge is 0.328 e. The summed E-state index contributed by atoms with van der Waals surface area (Å²) in [6.07, 6.45) is 1.41. The number of carbonyl (C=O) groups is 3. The molecule has 0 bridgehead atoms. The SMILES string of the molecule is COC(=O)[C@@H](NC(=O)c1ncc(-c2ccc(NC(=O)Nc3ccc(Cl)cc3)cc2)o1)C(C)C. The molecule has 3 aromatic rings. The van der Waals surface area contributed by atoms with Gasteiger partial charge in [0.25, 0.3) is 5.89 Å². The molecular weight excluding hydrogens is 448 g/mol. The van der Waals surface area contributed by atoms with Crippen LogP contribution in [0.5, 0.6) is 0 Å². The van der Waals surface area contributed by atoms with E-state index in [4.69, 9.17) is 20.8 Å². The van der Waals surface area contributed by atoms with Crippen molar-refractivity contribution in [3.8, 4) is 11.3 Å². The third kappa shape index (κ3) is 6.33. The van der Waals surface area contributed by atoms with Crippen molar-refractivity contribution in [3.63, 3.8) is 0 Å². The van der Waals surface area contributed by atoms with Gasteiger partial charge in [-0.2, -0.15) is 0 Å². The second-order valence-electron chi connectivity index (χ2n) is 7.41. The monoisotopic (exact) mass is 470 g/mol. The molecule has 0 aliphatic carbocycles. The van der Waals surface area contributed by atoms with Gasteiger partial charge in [-0.3, -0.25) is 4.79 Å². The normalized spacial score (nSPS) is 11.5. The molecule has 172 valence electrons. The summed E-state index contributed by atoms with van der Waals surface area (Å²) in [6.45, 7) is 3.57. The maximum absolute atomic E-state index is 12.4. The van der Waals surface area contributed by atoms with Crippen LogP contribution in [0, 0.1) is 5.92 Å². The maximum Gasteiger partial charge on any atom is 0.328 e. The topological polar surface area (TPSA) is 123 Å². The minimum atomic E-state index is -0.817. The first-order chi connectivity index (χ1) is 15.8. The summed E-state index contributed by atoms with van der Waals surface area (Å²) in [7, 11) is 1.26. The van der Waals surface area contributed by atoms with Gasteiger partial charge in [0.1, 0.15) is 6.04 Å². The predicted molar refractivity (Wildman–Crippen MR) is 124 cm³/mol. The van der Waals surface area contributed by atoms with Gasteiger partial charge < -0.3 is 25.1 Å². The fraction of sp³-hybridized carbons (Fsp3) is 0.217. The Kier molecular flexibility index (Phi) is 7.68. The number of ether oxygens (including phenoxy) is 1. The predicted octanol–water partition coefficient (Wildman–Crippen LogP) is 4.57. The number of methoxy groups -OCH3 is 1. The van der Waals surface area contributed by atoms with Gasteiger partial charge in [0.2, 0.25) is 0 Å². The minimum Gasteiger partial charge on any atom is -0.467 e. The highest BCUT2D eigenvalue weighted by Crippen LogP contribution is 2.23. The number of carbonyl (C=O) groups excluding carboxylic acids is 3. The Labute approximate surface area is 195 Å². The third-order valence-electron chi connectivity index (χ3n) is 4.64. The van der Waals surface area contributed by atoms with Crippen molar-refractivity contribution < 1.29 is 23.5 Å². The van der Waals surface area contributed by atoms with Crippen LogP contribution in [0.3, 0.4) is 0 Å². The number of halogens is 1. The molecule has 33 heavy (non-hydrogen) atoms. The second kappa shape index (κ2) is 10.6. The number of aromatic nitrogens is 1. The number of oxazole rings is 1. The molecule has 0 saturated heterocycles. The van der Waals surface area contributed by atoms with Crippen LogP contribution in [0.2, 0.25) is 5.02 Å². The van der Waals surface area contributed by atoms with Crippen molar-refractivity contribution >= 4 is 40.9 Å². The third-order valence-corrected chi connectivity index (χ3v) is 4.89. The highest BCUT2D eigenvalue weighted by atomic mass is 35.5. The van der Waals surface area contributed by atoms with Gasteiger partial charge in [0, 0.05) is 22.0 Å². The Bertz CT molecular complexity index is 1130. The van der Waals surface area contributed by atoms with Gasteiger partial charge in [-0.25, -0.2) is 14.6 Å². The van der Waals surface area contributed by atoms with Gasteiger partial charge in [0.15, 0.2) is 5.76 Å². The number of rotatable bonds is 7. The standard InChI is InChI=1S/C23H23ClN4O5/c1-13(2)19(22(30)32-3)28-20(29)21-25-12-18(33-21)14-4-8-16(9-5-14)26-23(31)27-17-10-6-15(24)7-11-17/h4-13,19H,1-3H3,(H,28,29)(H2,26,27,31)/t19-/m0/s1. The van der Waals surface area contributed by atoms with Gasteiger partial charge in [-0.15, -0.1) is 0 Å². The summed E-state index contributed by atoms with van der Waals surface area (Å²) in [4.78, 5) is 40.4. The first kappa shape index (κ1) is 23.8. The number of anilines is 2. The van der Waals surface area contributed by atoms with Crippen LogP contribution in [0.25, 0.3) is 11.3 Å². The van der Waals surface area contributed by atoms with Crippen molar-refractivity contribution in [2.24, 2.45) is 5.92 Å². The van der Waals surface area contributed by atoms with Crippen LogP contribution in [-0.4, -0.2) is 36.0 Å². The van der Waals surface area contributed by atoms with Crippen LogP contribution < -0.4 is 16.0 Å². The highest BCUT2D eigenvalue weighted by Gasteiger charge is 2.27. The number of benzene rings is 2. The molecule has 10 heteroatoms. The van der Waals surface area contributed by atoms with Crippen LogP contribution in [0.15, 0.2) is 59.1 Å². The van der Waals surface area contributed by atoms with E-state index in [1.54, 1.807) is 62.4 Å². The molecule has 1 atom stereocenters. The van der Waals surface area contributed by atoms with E-state index in [0.29, 0.717) is 27.7 Å². The van der Waals surface area contributed by atoms with E-state index in [0.717, 1.165) is 0 Å².